The third kappa shape index (κ3) is 2.61. The van der Waals surface area contributed by atoms with Crippen molar-refractivity contribution >= 4 is 28.9 Å². The summed E-state index contributed by atoms with van der Waals surface area (Å²) >= 11 is 6.42. The molecule has 4 N–H and O–H groups in total. The van der Waals surface area contributed by atoms with Crippen LogP contribution in [0.5, 0.6) is 0 Å². The van der Waals surface area contributed by atoms with Crippen molar-refractivity contribution in [3.8, 4) is 0 Å². The van der Waals surface area contributed by atoms with Crippen LogP contribution in [0.1, 0.15) is 37.3 Å². The molecule has 1 fully saturated rings. The fourth-order valence-corrected chi connectivity index (χ4v) is 3.23. The normalized spacial score (nSPS) is 20.9. The van der Waals surface area contributed by atoms with Crippen molar-refractivity contribution < 1.29 is 9.90 Å². The van der Waals surface area contributed by atoms with Crippen molar-refractivity contribution in [1.82, 2.24) is 0 Å². The van der Waals surface area contributed by atoms with Crippen molar-refractivity contribution in [3.05, 3.63) is 22.7 Å². The van der Waals surface area contributed by atoms with E-state index in [0.29, 0.717) is 17.5 Å². The van der Waals surface area contributed by atoms with Gasteiger partial charge in [0.05, 0.1) is 10.7 Å². The van der Waals surface area contributed by atoms with Gasteiger partial charge in [0.15, 0.2) is 0 Å². The van der Waals surface area contributed by atoms with Crippen LogP contribution in [-0.4, -0.2) is 30.2 Å². The van der Waals surface area contributed by atoms with Crippen LogP contribution in [0.2, 0.25) is 5.02 Å². The fraction of sp³-hybridized carbons (Fsp3) is 0.533. The van der Waals surface area contributed by atoms with Crippen LogP contribution in [0.3, 0.4) is 0 Å². The summed E-state index contributed by atoms with van der Waals surface area (Å²) in [5.41, 5.74) is 8.27. The number of nitrogens with one attached hydrogen (secondary N) is 1. The third-order valence-corrected chi connectivity index (χ3v) is 4.68. The average molecular weight is 310 g/mol. The molecule has 1 aromatic carbocycles. The topological polar surface area (TPSA) is 78.6 Å². The molecule has 5 nitrogen and oxygen atoms in total. The van der Waals surface area contributed by atoms with Gasteiger partial charge in [-0.15, -0.1) is 0 Å². The zero-order chi connectivity index (χ0) is 15.0. The second kappa shape index (κ2) is 5.83. The predicted octanol–water partition coefficient (Wildman–Crippen LogP) is 2.03. The van der Waals surface area contributed by atoms with Gasteiger partial charge in [0, 0.05) is 30.4 Å². The van der Waals surface area contributed by atoms with Crippen LogP contribution in [0.4, 0.5) is 11.4 Å². The van der Waals surface area contributed by atoms with Crippen LogP contribution < -0.4 is 16.0 Å². The Bertz CT molecular complexity index is 560. The van der Waals surface area contributed by atoms with Crippen molar-refractivity contribution in [1.29, 1.82) is 0 Å². The molecule has 6 heteroatoms. The molecule has 1 aliphatic heterocycles. The number of nitrogens with zero attached hydrogens (tertiary/aromatic N) is 1. The number of nitrogens with two attached hydrogens (primary N) is 1. The molecule has 1 heterocycles. The lowest BCUT2D eigenvalue weighted by molar-refractivity contribution is -0.116. The predicted molar refractivity (Wildman–Crippen MR) is 83.7 cm³/mol. The van der Waals surface area contributed by atoms with Gasteiger partial charge >= 0.3 is 0 Å². The number of fused-ring (bicyclic) bond motifs is 1. The molecule has 1 amide bonds. The number of rotatable bonds is 5. The largest absolute Gasteiger partial charge is 0.396 e. The Kier molecular flexibility index (Phi) is 4.06. The molecule has 1 saturated carbocycles. The number of hydrogen-bond donors (Lipinski definition) is 3. The number of anilines is 2. The Morgan fingerprint density at radius 1 is 1.43 bits per heavy atom. The number of halogens is 1. The molecule has 0 spiro atoms. The SMILES string of the molecule is NC1C(=O)Nc2cc(N(CCCO)C3CCC3)c(Cl)cc21. The zero-order valence-corrected chi connectivity index (χ0v) is 12.6. The van der Waals surface area contributed by atoms with Crippen molar-refractivity contribution in [3.63, 3.8) is 0 Å². The summed E-state index contributed by atoms with van der Waals surface area (Å²) in [4.78, 5) is 13.9. The second-order valence-corrected chi connectivity index (χ2v) is 6.12. The number of benzene rings is 1. The Morgan fingerprint density at radius 3 is 2.81 bits per heavy atom. The summed E-state index contributed by atoms with van der Waals surface area (Å²) in [6.45, 7) is 0.924. The maximum Gasteiger partial charge on any atom is 0.245 e. The molecule has 0 bridgehead atoms. The zero-order valence-electron chi connectivity index (χ0n) is 11.8. The molecule has 2 aliphatic rings. The Labute approximate surface area is 129 Å². The van der Waals surface area contributed by atoms with Crippen LogP contribution in [0.25, 0.3) is 0 Å². The number of carbonyl (C=O) groups is 1. The molecule has 0 saturated heterocycles. The first-order valence-electron chi connectivity index (χ1n) is 7.39. The maximum absolute atomic E-state index is 11.7. The van der Waals surface area contributed by atoms with Gasteiger partial charge in [-0.3, -0.25) is 4.79 Å². The molecule has 0 aromatic heterocycles. The summed E-state index contributed by atoms with van der Waals surface area (Å²) in [5.74, 6) is -0.191. The minimum atomic E-state index is -0.638. The smallest absolute Gasteiger partial charge is 0.245 e. The fourth-order valence-electron chi connectivity index (χ4n) is 2.95. The highest BCUT2D eigenvalue weighted by molar-refractivity contribution is 6.33. The molecular weight excluding hydrogens is 290 g/mol. The number of carbonyl (C=O) groups excluding carboxylic acids is 1. The van der Waals surface area contributed by atoms with Crippen LogP contribution >= 0.6 is 11.6 Å². The average Bonchev–Trinajstić information content (AvgIpc) is 2.67. The molecule has 1 aliphatic carbocycles. The van der Waals surface area contributed by atoms with Crippen LogP contribution in [-0.2, 0) is 4.79 Å². The Morgan fingerprint density at radius 2 is 2.19 bits per heavy atom. The van der Waals surface area contributed by atoms with E-state index in [-0.39, 0.29) is 12.5 Å². The highest BCUT2D eigenvalue weighted by Gasteiger charge is 2.31. The summed E-state index contributed by atoms with van der Waals surface area (Å²) in [7, 11) is 0. The number of hydrogen-bond acceptors (Lipinski definition) is 4. The van der Waals surface area contributed by atoms with Gasteiger partial charge in [0.1, 0.15) is 6.04 Å². The monoisotopic (exact) mass is 309 g/mol. The van der Waals surface area contributed by atoms with E-state index in [9.17, 15) is 4.79 Å². The van der Waals surface area contributed by atoms with E-state index < -0.39 is 6.04 Å². The summed E-state index contributed by atoms with van der Waals surface area (Å²) < 4.78 is 0. The lowest BCUT2D eigenvalue weighted by atomic mass is 9.90. The third-order valence-electron chi connectivity index (χ3n) is 4.38. The number of aliphatic hydroxyl groups is 1. The summed E-state index contributed by atoms with van der Waals surface area (Å²) in [6.07, 6.45) is 4.22. The van der Waals surface area contributed by atoms with E-state index in [4.69, 9.17) is 22.4 Å². The maximum atomic E-state index is 11.7. The van der Waals surface area contributed by atoms with Gasteiger partial charge in [0.25, 0.3) is 0 Å². The van der Waals surface area contributed by atoms with E-state index in [0.717, 1.165) is 36.3 Å². The minimum absolute atomic E-state index is 0.160. The first kappa shape index (κ1) is 14.6. The van der Waals surface area contributed by atoms with E-state index in [1.807, 2.05) is 6.07 Å². The van der Waals surface area contributed by atoms with Gasteiger partial charge in [0.2, 0.25) is 5.91 Å². The van der Waals surface area contributed by atoms with Gasteiger partial charge in [-0.05, 0) is 37.8 Å². The first-order valence-corrected chi connectivity index (χ1v) is 7.77. The lowest BCUT2D eigenvalue weighted by Gasteiger charge is -2.40. The molecule has 3 rings (SSSR count). The minimum Gasteiger partial charge on any atom is -0.396 e. The quantitative estimate of drug-likeness (QED) is 0.777. The lowest BCUT2D eigenvalue weighted by Crippen LogP contribution is -2.41. The molecule has 0 radical (unpaired) electrons. The number of aliphatic hydroxyl groups excluding tert-OH is 1. The van der Waals surface area contributed by atoms with Gasteiger partial charge in [-0.25, -0.2) is 0 Å². The molecule has 1 atom stereocenters. The van der Waals surface area contributed by atoms with Gasteiger partial charge < -0.3 is 21.1 Å². The van der Waals surface area contributed by atoms with Crippen molar-refractivity contribution in [2.45, 2.75) is 37.8 Å². The molecule has 1 unspecified atom stereocenters. The summed E-state index contributed by atoms with van der Waals surface area (Å²) in [6, 6.07) is 3.54. The second-order valence-electron chi connectivity index (χ2n) is 5.71. The highest BCUT2D eigenvalue weighted by Crippen LogP contribution is 2.40. The van der Waals surface area contributed by atoms with Gasteiger partial charge in [-0.1, -0.05) is 11.6 Å². The van der Waals surface area contributed by atoms with Crippen molar-refractivity contribution in [2.75, 3.05) is 23.4 Å². The summed E-state index contributed by atoms with van der Waals surface area (Å²) in [5, 5.41) is 12.5. The van der Waals surface area contributed by atoms with E-state index >= 15 is 0 Å². The Balaban J connectivity index is 1.93. The Hall–Kier alpha value is -1.30. The highest BCUT2D eigenvalue weighted by atomic mass is 35.5. The molecule has 21 heavy (non-hydrogen) atoms. The van der Waals surface area contributed by atoms with E-state index in [2.05, 4.69) is 10.2 Å². The van der Waals surface area contributed by atoms with Gasteiger partial charge in [-0.2, -0.15) is 0 Å². The van der Waals surface area contributed by atoms with E-state index in [1.165, 1.54) is 6.42 Å². The number of amides is 1. The van der Waals surface area contributed by atoms with Crippen LogP contribution in [0.15, 0.2) is 12.1 Å². The first-order chi connectivity index (χ1) is 10.1. The molecular formula is C15H20ClN3O2. The van der Waals surface area contributed by atoms with E-state index in [1.54, 1.807) is 6.07 Å². The van der Waals surface area contributed by atoms with Crippen LogP contribution in [0, 0.1) is 0 Å². The molecule has 114 valence electrons. The molecule has 1 aromatic rings. The standard InChI is InChI=1S/C15H20ClN3O2/c16-11-7-10-12(18-15(21)14(10)17)8-13(11)19(5-2-6-20)9-3-1-4-9/h7-9,14,20H,1-6,17H2,(H,18,21). The van der Waals surface area contributed by atoms with Crippen molar-refractivity contribution in [2.24, 2.45) is 5.73 Å².